The van der Waals surface area contributed by atoms with Crippen LogP contribution < -0.4 is 5.32 Å². The molecule has 0 aromatic carbocycles. The molecule has 0 aliphatic carbocycles. The monoisotopic (exact) mass is 942 g/mol. The Labute approximate surface area is 419 Å². The summed E-state index contributed by atoms with van der Waals surface area (Å²) in [6.07, 6.45) is 74.7. The van der Waals surface area contributed by atoms with E-state index in [1.807, 2.05) is 0 Å². The summed E-state index contributed by atoms with van der Waals surface area (Å²) < 4.78 is 0. The van der Waals surface area contributed by atoms with Crippen LogP contribution in [0.3, 0.4) is 0 Å². The first-order valence-electron chi connectivity index (χ1n) is 30.3. The number of carbonyl (C=O) groups is 1. The molecule has 4 N–H and O–H groups in total. The van der Waals surface area contributed by atoms with Crippen LogP contribution >= 0.6 is 0 Å². The third-order valence-electron chi connectivity index (χ3n) is 14.2. The standard InChI is InChI=1S/C62H119NO4/c1-3-5-7-9-11-13-15-17-19-21-23-25-26-27-28-29-30-31-32-33-34-35-36-37-39-41-43-45-47-49-51-53-55-57-61(66)63-59(58-64)62(67)60(65)56-54-52-50-48-46-44-42-40-38-24-22-20-18-16-14-12-10-8-6-4-2/h27-28,40,42,48,50,59-60,62,64-65,67H,3-26,29-39,41,43-47,49,51-58H2,1-2H3,(H,63,66)/b28-27-,42-40+,50-48+. The normalized spacial score (nSPS) is 13.4. The fourth-order valence-electron chi connectivity index (χ4n) is 9.53. The third kappa shape index (κ3) is 52.2. The molecule has 3 atom stereocenters. The molecule has 67 heavy (non-hydrogen) atoms. The summed E-state index contributed by atoms with van der Waals surface area (Å²) in [7, 11) is 0. The Morgan fingerprint density at radius 2 is 0.612 bits per heavy atom. The van der Waals surface area contributed by atoms with Crippen LogP contribution in [0.25, 0.3) is 0 Å². The number of unbranched alkanes of at least 4 members (excludes halogenated alkanes) is 42. The minimum Gasteiger partial charge on any atom is -0.394 e. The van der Waals surface area contributed by atoms with Gasteiger partial charge in [0.05, 0.1) is 18.8 Å². The first kappa shape index (κ1) is 65.6. The van der Waals surface area contributed by atoms with Gasteiger partial charge in [0.15, 0.2) is 0 Å². The fraction of sp³-hybridized carbons (Fsp3) is 0.887. The first-order valence-corrected chi connectivity index (χ1v) is 30.3. The van der Waals surface area contributed by atoms with E-state index in [4.69, 9.17) is 0 Å². The zero-order chi connectivity index (χ0) is 48.6. The maximum absolute atomic E-state index is 12.5. The van der Waals surface area contributed by atoms with Crippen LogP contribution in [0.4, 0.5) is 0 Å². The predicted molar refractivity (Wildman–Crippen MR) is 296 cm³/mol. The van der Waals surface area contributed by atoms with E-state index in [2.05, 4.69) is 55.6 Å². The highest BCUT2D eigenvalue weighted by Crippen LogP contribution is 2.17. The number of aliphatic hydroxyl groups is 3. The Kier molecular flexibility index (Phi) is 55.9. The van der Waals surface area contributed by atoms with E-state index in [9.17, 15) is 20.1 Å². The van der Waals surface area contributed by atoms with Gasteiger partial charge in [0.25, 0.3) is 0 Å². The maximum atomic E-state index is 12.5. The van der Waals surface area contributed by atoms with Crippen molar-refractivity contribution in [1.82, 2.24) is 5.32 Å². The van der Waals surface area contributed by atoms with E-state index < -0.39 is 18.2 Å². The van der Waals surface area contributed by atoms with E-state index in [0.29, 0.717) is 12.8 Å². The van der Waals surface area contributed by atoms with Crippen LogP contribution in [0, 0.1) is 0 Å². The molecule has 5 nitrogen and oxygen atoms in total. The second-order valence-electron chi connectivity index (χ2n) is 20.9. The maximum Gasteiger partial charge on any atom is 0.220 e. The number of allylic oxidation sites excluding steroid dienone is 6. The van der Waals surface area contributed by atoms with Crippen molar-refractivity contribution in [2.75, 3.05) is 6.61 Å². The van der Waals surface area contributed by atoms with Gasteiger partial charge in [0.1, 0.15) is 6.10 Å². The largest absolute Gasteiger partial charge is 0.394 e. The van der Waals surface area contributed by atoms with E-state index in [0.717, 1.165) is 44.9 Å². The van der Waals surface area contributed by atoms with E-state index >= 15 is 0 Å². The number of carbonyl (C=O) groups excluding carboxylic acids is 1. The summed E-state index contributed by atoms with van der Waals surface area (Å²) >= 11 is 0. The van der Waals surface area contributed by atoms with Gasteiger partial charge >= 0.3 is 0 Å². The number of rotatable bonds is 56. The van der Waals surface area contributed by atoms with Crippen molar-refractivity contribution in [1.29, 1.82) is 0 Å². The minimum atomic E-state index is -1.17. The summed E-state index contributed by atoms with van der Waals surface area (Å²) in [5.74, 6) is -0.153. The molecule has 0 saturated heterocycles. The Balaban J connectivity index is 3.52. The van der Waals surface area contributed by atoms with Gasteiger partial charge < -0.3 is 20.6 Å². The van der Waals surface area contributed by atoms with Crippen molar-refractivity contribution >= 4 is 5.91 Å². The molecule has 0 heterocycles. The molecule has 0 rings (SSSR count). The molecule has 0 aliphatic rings. The second kappa shape index (κ2) is 57.2. The molecule has 0 spiro atoms. The summed E-state index contributed by atoms with van der Waals surface area (Å²) in [6, 6.07) is -0.832. The van der Waals surface area contributed by atoms with Crippen LogP contribution in [0.15, 0.2) is 36.5 Å². The minimum absolute atomic E-state index is 0.153. The SMILES string of the molecule is CCCCCCCCCCCCC/C=C/CC/C=C/CCCC(O)C(O)C(CO)NC(=O)CCCCCCCCCCCCCCCCCCC/C=C\CCCCCCCCCCCCCC. The van der Waals surface area contributed by atoms with E-state index in [-0.39, 0.29) is 12.5 Å². The zero-order valence-electron chi connectivity index (χ0n) is 45.3. The molecule has 0 fully saturated rings. The van der Waals surface area contributed by atoms with Gasteiger partial charge in [-0.05, 0) is 77.0 Å². The summed E-state index contributed by atoms with van der Waals surface area (Å²) in [5, 5.41) is 33.8. The molecular formula is C62H119NO4. The lowest BCUT2D eigenvalue weighted by Gasteiger charge is -2.26. The van der Waals surface area contributed by atoms with Gasteiger partial charge in [-0.1, -0.05) is 281 Å². The average Bonchev–Trinajstić information content (AvgIpc) is 3.33. The summed E-state index contributed by atoms with van der Waals surface area (Å²) in [6.45, 7) is 4.20. The molecule has 0 saturated carbocycles. The van der Waals surface area contributed by atoms with E-state index in [1.54, 1.807) is 0 Å². The number of amides is 1. The molecule has 5 heteroatoms. The quantitative estimate of drug-likeness (QED) is 0.0361. The lowest BCUT2D eigenvalue weighted by molar-refractivity contribution is -0.124. The predicted octanol–water partition coefficient (Wildman–Crippen LogP) is 19.0. The molecule has 396 valence electrons. The van der Waals surface area contributed by atoms with Gasteiger partial charge in [-0.15, -0.1) is 0 Å². The van der Waals surface area contributed by atoms with Crippen molar-refractivity contribution in [2.45, 2.75) is 347 Å². The number of nitrogens with one attached hydrogen (secondary N) is 1. The Bertz CT molecular complexity index is 1040. The van der Waals surface area contributed by atoms with E-state index in [1.165, 1.54) is 257 Å². The van der Waals surface area contributed by atoms with Crippen molar-refractivity contribution in [2.24, 2.45) is 0 Å². The molecule has 0 radical (unpaired) electrons. The Hall–Kier alpha value is -1.43. The van der Waals surface area contributed by atoms with Crippen molar-refractivity contribution in [3.8, 4) is 0 Å². The van der Waals surface area contributed by atoms with Gasteiger partial charge in [-0.25, -0.2) is 0 Å². The second-order valence-corrected chi connectivity index (χ2v) is 20.9. The topological polar surface area (TPSA) is 89.8 Å². The molecule has 0 aromatic rings. The molecular weight excluding hydrogens is 823 g/mol. The number of hydrogen-bond acceptors (Lipinski definition) is 4. The highest BCUT2D eigenvalue weighted by molar-refractivity contribution is 5.76. The van der Waals surface area contributed by atoms with Crippen molar-refractivity contribution < 1.29 is 20.1 Å². The van der Waals surface area contributed by atoms with Crippen molar-refractivity contribution in [3.63, 3.8) is 0 Å². The molecule has 0 aromatic heterocycles. The summed E-state index contributed by atoms with van der Waals surface area (Å²) in [4.78, 5) is 12.5. The van der Waals surface area contributed by atoms with Crippen LogP contribution in [-0.2, 0) is 4.79 Å². The van der Waals surface area contributed by atoms with Gasteiger partial charge in [0, 0.05) is 6.42 Å². The van der Waals surface area contributed by atoms with Crippen LogP contribution in [0.5, 0.6) is 0 Å². The zero-order valence-corrected chi connectivity index (χ0v) is 45.3. The van der Waals surface area contributed by atoms with Gasteiger partial charge in [-0.2, -0.15) is 0 Å². The Morgan fingerprint density at radius 3 is 0.910 bits per heavy atom. The molecule has 0 bridgehead atoms. The molecule has 0 aliphatic heterocycles. The van der Waals surface area contributed by atoms with Crippen molar-refractivity contribution in [3.05, 3.63) is 36.5 Å². The highest BCUT2D eigenvalue weighted by atomic mass is 16.3. The fourth-order valence-corrected chi connectivity index (χ4v) is 9.53. The smallest absolute Gasteiger partial charge is 0.220 e. The van der Waals surface area contributed by atoms with Crippen LogP contribution in [0.2, 0.25) is 0 Å². The molecule has 1 amide bonds. The molecule has 3 unspecified atom stereocenters. The van der Waals surface area contributed by atoms with Gasteiger partial charge in [0.2, 0.25) is 5.91 Å². The average molecular weight is 943 g/mol. The third-order valence-corrected chi connectivity index (χ3v) is 14.2. The Morgan fingerprint density at radius 1 is 0.358 bits per heavy atom. The lowest BCUT2D eigenvalue weighted by atomic mass is 10.0. The highest BCUT2D eigenvalue weighted by Gasteiger charge is 2.26. The summed E-state index contributed by atoms with van der Waals surface area (Å²) in [5.41, 5.74) is 0. The lowest BCUT2D eigenvalue weighted by Crippen LogP contribution is -2.50. The number of aliphatic hydroxyl groups excluding tert-OH is 3. The first-order chi connectivity index (χ1) is 33.1. The number of hydrogen-bond donors (Lipinski definition) is 4. The van der Waals surface area contributed by atoms with Crippen LogP contribution in [0.1, 0.15) is 328 Å². The van der Waals surface area contributed by atoms with Gasteiger partial charge in [-0.3, -0.25) is 4.79 Å². The van der Waals surface area contributed by atoms with Crippen LogP contribution in [-0.4, -0.2) is 46.1 Å².